The maximum absolute atomic E-state index is 12.0. The predicted molar refractivity (Wildman–Crippen MR) is 84.8 cm³/mol. The summed E-state index contributed by atoms with van der Waals surface area (Å²) in [7, 11) is 6.27. The molecule has 1 aliphatic heterocycles. The number of anilines is 1. The summed E-state index contributed by atoms with van der Waals surface area (Å²) >= 11 is 0. The van der Waals surface area contributed by atoms with Crippen LogP contribution >= 0.6 is 0 Å². The van der Waals surface area contributed by atoms with Crippen LogP contribution in [0.3, 0.4) is 0 Å². The van der Waals surface area contributed by atoms with Crippen molar-refractivity contribution in [1.29, 1.82) is 0 Å². The van der Waals surface area contributed by atoms with E-state index in [9.17, 15) is 4.79 Å². The molecule has 2 rings (SSSR count). The van der Waals surface area contributed by atoms with Gasteiger partial charge in [-0.05, 0) is 17.7 Å². The zero-order valence-corrected chi connectivity index (χ0v) is 13.4. The van der Waals surface area contributed by atoms with E-state index in [1.165, 1.54) is 10.6 Å². The number of nitrogens with one attached hydrogen (secondary N) is 3. The molecule has 0 aromatic heterocycles. The molecule has 0 bridgehead atoms. The van der Waals surface area contributed by atoms with Gasteiger partial charge in [-0.15, -0.1) is 0 Å². The normalized spacial score (nSPS) is 21.9. The van der Waals surface area contributed by atoms with Crippen molar-refractivity contribution < 1.29 is 14.6 Å². The molecule has 116 valence electrons. The van der Waals surface area contributed by atoms with Crippen LogP contribution in [0.5, 0.6) is 0 Å². The molecule has 0 radical (unpaired) electrons. The van der Waals surface area contributed by atoms with Crippen molar-refractivity contribution >= 4 is 11.6 Å². The molecule has 0 aliphatic carbocycles. The van der Waals surface area contributed by atoms with Crippen LogP contribution in [0.2, 0.25) is 0 Å². The first-order valence-electron chi connectivity index (χ1n) is 7.72. The van der Waals surface area contributed by atoms with E-state index >= 15 is 0 Å². The first-order chi connectivity index (χ1) is 10.0. The topological polar surface area (TPSA) is 41.2 Å². The lowest BCUT2D eigenvalue weighted by atomic mass is 10.2. The summed E-state index contributed by atoms with van der Waals surface area (Å²) in [5.74, 6) is 0.154. The predicted octanol–water partition coefficient (Wildman–Crippen LogP) is -2.22. The number of hydrogen-bond acceptors (Lipinski definition) is 2. The zero-order chi connectivity index (χ0) is 15.2. The van der Waals surface area contributed by atoms with E-state index in [2.05, 4.69) is 41.5 Å². The highest BCUT2D eigenvalue weighted by atomic mass is 16.2. The molecule has 21 heavy (non-hydrogen) atoms. The molecule has 0 saturated carbocycles. The highest BCUT2D eigenvalue weighted by Gasteiger charge is 2.21. The van der Waals surface area contributed by atoms with E-state index in [-0.39, 0.29) is 5.91 Å². The van der Waals surface area contributed by atoms with Crippen LogP contribution in [0.4, 0.5) is 5.69 Å². The minimum absolute atomic E-state index is 0.154. The molecule has 1 amide bonds. The number of nitrogens with zero attached hydrogens (tertiary/aromatic N) is 1. The van der Waals surface area contributed by atoms with Gasteiger partial charge in [0.05, 0.1) is 7.05 Å². The van der Waals surface area contributed by atoms with E-state index in [0.717, 1.165) is 31.7 Å². The maximum Gasteiger partial charge on any atom is 0.275 e. The second-order valence-electron chi connectivity index (χ2n) is 6.22. The van der Waals surface area contributed by atoms with Crippen LogP contribution in [0.1, 0.15) is 5.56 Å². The second-order valence-corrected chi connectivity index (χ2v) is 6.22. The quantitative estimate of drug-likeness (QED) is 0.576. The number of rotatable bonds is 5. The lowest BCUT2D eigenvalue weighted by molar-refractivity contribution is -1.000. The largest absolute Gasteiger partial charge is 0.378 e. The van der Waals surface area contributed by atoms with Gasteiger partial charge in [0, 0.05) is 26.3 Å². The molecule has 0 spiro atoms. The molecule has 1 saturated heterocycles. The minimum Gasteiger partial charge on any atom is -0.378 e. The molecule has 1 aliphatic rings. The van der Waals surface area contributed by atoms with Crippen LogP contribution in [0.25, 0.3) is 0 Å². The molecule has 5 heteroatoms. The van der Waals surface area contributed by atoms with Crippen LogP contribution in [0, 0.1) is 0 Å². The summed E-state index contributed by atoms with van der Waals surface area (Å²) < 4.78 is 0. The van der Waals surface area contributed by atoms with Crippen LogP contribution < -0.4 is 20.0 Å². The Morgan fingerprint density at radius 2 is 1.76 bits per heavy atom. The molecule has 1 heterocycles. The van der Waals surface area contributed by atoms with E-state index in [1.54, 1.807) is 4.90 Å². The maximum atomic E-state index is 12.0. The third-order valence-electron chi connectivity index (χ3n) is 4.16. The van der Waals surface area contributed by atoms with Gasteiger partial charge >= 0.3 is 0 Å². The van der Waals surface area contributed by atoms with Crippen molar-refractivity contribution in [1.82, 2.24) is 5.32 Å². The van der Waals surface area contributed by atoms with Crippen molar-refractivity contribution in [3.8, 4) is 0 Å². The first kappa shape index (κ1) is 15.8. The van der Waals surface area contributed by atoms with Gasteiger partial charge in [0.15, 0.2) is 6.54 Å². The molecule has 5 nitrogen and oxygen atoms in total. The van der Waals surface area contributed by atoms with Crippen LogP contribution in [0.15, 0.2) is 24.3 Å². The Balaban J connectivity index is 1.73. The lowest BCUT2D eigenvalue weighted by Gasteiger charge is -2.26. The number of benzene rings is 1. The molecular formula is C16H28N4O+2. The molecule has 0 unspecified atom stereocenters. The second kappa shape index (κ2) is 7.43. The number of carbonyl (C=O) groups excluding carboxylic acids is 1. The zero-order valence-electron chi connectivity index (χ0n) is 13.4. The summed E-state index contributed by atoms with van der Waals surface area (Å²) in [5, 5.41) is 3.03. The molecule has 1 aromatic rings. The number of amides is 1. The fourth-order valence-electron chi connectivity index (χ4n) is 2.61. The highest BCUT2D eigenvalue weighted by Crippen LogP contribution is 2.11. The third kappa shape index (κ3) is 5.02. The van der Waals surface area contributed by atoms with Crippen molar-refractivity contribution in [2.75, 3.05) is 58.8 Å². The van der Waals surface area contributed by atoms with E-state index < -0.39 is 0 Å². The van der Waals surface area contributed by atoms with Gasteiger partial charge in [0.25, 0.3) is 5.91 Å². The highest BCUT2D eigenvalue weighted by molar-refractivity contribution is 5.76. The van der Waals surface area contributed by atoms with Crippen molar-refractivity contribution in [2.24, 2.45) is 0 Å². The number of carbonyl (C=O) groups is 1. The molecule has 1 fully saturated rings. The first-order valence-corrected chi connectivity index (χ1v) is 7.72. The average molecular weight is 292 g/mol. The summed E-state index contributed by atoms with van der Waals surface area (Å²) in [6, 6.07) is 8.30. The Morgan fingerprint density at radius 1 is 1.14 bits per heavy atom. The Bertz CT molecular complexity index is 450. The molecule has 1 aromatic carbocycles. The van der Waals surface area contributed by atoms with Crippen LogP contribution in [-0.4, -0.2) is 59.8 Å². The Labute approximate surface area is 127 Å². The lowest BCUT2D eigenvalue weighted by Crippen LogP contribution is -3.27. The van der Waals surface area contributed by atoms with Gasteiger partial charge in [-0.1, -0.05) is 12.1 Å². The van der Waals surface area contributed by atoms with Gasteiger partial charge in [-0.3, -0.25) is 4.79 Å². The van der Waals surface area contributed by atoms with E-state index in [1.807, 2.05) is 14.1 Å². The summed E-state index contributed by atoms with van der Waals surface area (Å²) in [5.41, 5.74) is 2.32. The summed E-state index contributed by atoms with van der Waals surface area (Å²) in [4.78, 5) is 17.0. The third-order valence-corrected chi connectivity index (χ3v) is 4.16. The van der Waals surface area contributed by atoms with Crippen molar-refractivity contribution in [3.63, 3.8) is 0 Å². The molecular weight excluding hydrogens is 264 g/mol. The Kier molecular flexibility index (Phi) is 5.59. The number of piperazine rings is 1. The monoisotopic (exact) mass is 292 g/mol. The molecule has 3 N–H and O–H groups in total. The summed E-state index contributed by atoms with van der Waals surface area (Å²) in [6.45, 7) is 5.73. The average Bonchev–Trinajstić information content (AvgIpc) is 2.48. The number of hydrogen-bond donors (Lipinski definition) is 3. The fourth-order valence-corrected chi connectivity index (χ4v) is 2.61. The van der Waals surface area contributed by atoms with Gasteiger partial charge < -0.3 is 20.0 Å². The van der Waals surface area contributed by atoms with E-state index in [4.69, 9.17) is 0 Å². The van der Waals surface area contributed by atoms with E-state index in [0.29, 0.717) is 13.1 Å². The van der Waals surface area contributed by atoms with Crippen molar-refractivity contribution in [3.05, 3.63) is 29.8 Å². The van der Waals surface area contributed by atoms with Crippen LogP contribution in [-0.2, 0) is 11.3 Å². The molecule has 0 atom stereocenters. The van der Waals surface area contributed by atoms with Gasteiger partial charge in [-0.2, -0.15) is 0 Å². The van der Waals surface area contributed by atoms with Crippen molar-refractivity contribution in [2.45, 2.75) is 6.54 Å². The van der Waals surface area contributed by atoms with Gasteiger partial charge in [0.2, 0.25) is 0 Å². The van der Waals surface area contributed by atoms with Gasteiger partial charge in [-0.25, -0.2) is 0 Å². The standard InChI is InChI=1S/C16H26N4O/c1-18(2)15-6-4-14(5-7-15)12-17-16(21)13-20-10-8-19(3)9-11-20/h4-7H,8-13H2,1-3H3,(H,17,21)/p+2. The Morgan fingerprint density at radius 3 is 2.33 bits per heavy atom. The minimum atomic E-state index is 0.154. The number of quaternary nitrogens is 2. The summed E-state index contributed by atoms with van der Waals surface area (Å²) in [6.07, 6.45) is 0. The smallest absolute Gasteiger partial charge is 0.275 e. The number of likely N-dealkylation sites (N-methyl/N-ethyl adjacent to an activating group) is 1. The van der Waals surface area contributed by atoms with Gasteiger partial charge in [0.1, 0.15) is 26.2 Å². The SMILES string of the molecule is CN(C)c1ccc(CNC(=O)C[NH+]2CC[NH+](C)CC2)cc1. The Hall–Kier alpha value is -1.59. The fraction of sp³-hybridized carbons (Fsp3) is 0.562.